The molecule has 0 atom stereocenters. The molecule has 0 aromatic rings. The number of hydrogen-bond donors (Lipinski definition) is 0. The van der Waals surface area contributed by atoms with Crippen molar-refractivity contribution in [2.75, 3.05) is 0 Å². The van der Waals surface area contributed by atoms with E-state index in [2.05, 4.69) is 0 Å². The Morgan fingerprint density at radius 3 is 0.667 bits per heavy atom. The maximum absolute atomic E-state index is 5.00. The minimum absolute atomic E-state index is 0. The van der Waals surface area contributed by atoms with Crippen molar-refractivity contribution < 1.29 is 18.9 Å². The van der Waals surface area contributed by atoms with Crippen molar-refractivity contribution in [1.82, 2.24) is 0 Å². The predicted molar refractivity (Wildman–Crippen MR) is 18.7 cm³/mol. The molecule has 0 aromatic carbocycles. The molecule has 2 heteroatoms. The summed E-state index contributed by atoms with van der Waals surface area (Å²) in [6.07, 6.45) is 20.0. The second kappa shape index (κ2) is 1520. The van der Waals surface area contributed by atoms with Crippen LogP contribution < -0.4 is 18.9 Å². The van der Waals surface area contributed by atoms with Crippen LogP contribution in [0, 0.1) is 25.7 Å². The van der Waals surface area contributed by atoms with Gasteiger partial charge in [-0.15, -0.1) is 0 Å². The zero-order chi connectivity index (χ0) is 4.00. The van der Waals surface area contributed by atoms with Gasteiger partial charge in [-0.05, 0) is 0 Å². The van der Waals surface area contributed by atoms with Crippen LogP contribution in [-0.4, -0.2) is 17.4 Å². The van der Waals surface area contributed by atoms with Crippen molar-refractivity contribution in [2.45, 2.75) is 0 Å². The summed E-state index contributed by atoms with van der Waals surface area (Å²) in [5, 5.41) is 0. The summed E-state index contributed by atoms with van der Waals surface area (Å²) in [6.45, 7) is 0. The van der Waals surface area contributed by atoms with Crippen LogP contribution >= 0.6 is 0 Å². The molecule has 0 fully saturated rings. The molecule has 0 amide bonds. The van der Waals surface area contributed by atoms with E-state index in [1.807, 2.05) is 0 Å². The van der Waals surface area contributed by atoms with Crippen LogP contribution in [0.1, 0.15) is 0 Å². The third kappa shape index (κ3) is 719. The SMILES string of the molecule is [Al+3].[C-]#[C-].[C-]#[C-].[Li+]. The minimum atomic E-state index is 0. The van der Waals surface area contributed by atoms with E-state index in [1.54, 1.807) is 0 Å². The first-order chi connectivity index (χ1) is 2.00. The summed E-state index contributed by atoms with van der Waals surface area (Å²) in [4.78, 5) is 0. The van der Waals surface area contributed by atoms with Gasteiger partial charge in [-0.1, -0.05) is 0 Å². The van der Waals surface area contributed by atoms with Crippen LogP contribution in [0.25, 0.3) is 0 Å². The number of hydrogen-bond acceptors (Lipinski definition) is 0. The van der Waals surface area contributed by atoms with E-state index in [0.29, 0.717) is 0 Å². The van der Waals surface area contributed by atoms with Crippen LogP contribution in [0.3, 0.4) is 0 Å². The third-order valence-corrected chi connectivity index (χ3v) is 0. The van der Waals surface area contributed by atoms with Crippen molar-refractivity contribution in [1.29, 1.82) is 0 Å². The summed E-state index contributed by atoms with van der Waals surface area (Å²) in [5.74, 6) is 0. The molecule has 0 aliphatic carbocycles. The topological polar surface area (TPSA) is 0 Å². The van der Waals surface area contributed by atoms with Gasteiger partial charge in [0.05, 0.1) is 0 Å². The van der Waals surface area contributed by atoms with E-state index in [0.717, 1.165) is 0 Å². The fourth-order valence-corrected chi connectivity index (χ4v) is 0. The van der Waals surface area contributed by atoms with E-state index in [1.165, 1.54) is 0 Å². The van der Waals surface area contributed by atoms with Crippen molar-refractivity contribution >= 4 is 17.4 Å². The standard InChI is InChI=1S/2C2.Al.Li/c2*1-2;;/q2*-2;+3;+1. The van der Waals surface area contributed by atoms with Gasteiger partial charge in [0.15, 0.2) is 0 Å². The Hall–Kier alpha value is 0.250. The largest absolute Gasteiger partial charge is 3.00 e. The maximum Gasteiger partial charge on any atom is 3.00 e. The van der Waals surface area contributed by atoms with E-state index >= 15 is 0 Å². The molecule has 0 saturated heterocycles. The molecule has 0 rings (SSSR count). The second-order valence-electron chi connectivity index (χ2n) is 0. The molecular weight excluding hydrogens is 82.0 g/mol. The van der Waals surface area contributed by atoms with Crippen molar-refractivity contribution in [3.63, 3.8) is 0 Å². The van der Waals surface area contributed by atoms with Crippen molar-refractivity contribution in [3.8, 4) is 0 Å². The Morgan fingerprint density at radius 1 is 0.667 bits per heavy atom. The molecule has 0 aliphatic rings. The quantitative estimate of drug-likeness (QED) is 0.165. The molecule has 0 aliphatic heterocycles. The normalized spacial score (nSPS) is 0.667. The fourth-order valence-electron chi connectivity index (χ4n) is 0. The first kappa shape index (κ1) is 34.0. The monoisotopic (exact) mass is 82.0 g/mol. The Kier molecular flexibility index (Phi) is 8610. The summed E-state index contributed by atoms with van der Waals surface area (Å²) in [5.41, 5.74) is 0. The van der Waals surface area contributed by atoms with E-state index < -0.39 is 0 Å². The van der Waals surface area contributed by atoms with E-state index in [4.69, 9.17) is 25.7 Å². The van der Waals surface area contributed by atoms with Gasteiger partial charge >= 0.3 is 36.2 Å². The average molecular weight is 82.0 g/mol. The number of rotatable bonds is 0. The molecule has 0 aromatic heterocycles. The molecule has 0 radical (unpaired) electrons. The fraction of sp³-hybridized carbons (Fsp3) is 0. The minimum Gasteiger partial charge on any atom is -1.00 e. The summed E-state index contributed by atoms with van der Waals surface area (Å²) < 4.78 is 0. The molecule has 0 unspecified atom stereocenters. The Morgan fingerprint density at radius 2 is 0.667 bits per heavy atom. The Bertz CT molecular complexity index is 23.0. The van der Waals surface area contributed by atoms with Gasteiger partial charge in [0.1, 0.15) is 0 Å². The van der Waals surface area contributed by atoms with Gasteiger partial charge in [0, 0.05) is 0 Å². The van der Waals surface area contributed by atoms with E-state index in [-0.39, 0.29) is 36.2 Å². The first-order valence-electron chi connectivity index (χ1n) is 0.500. The maximum atomic E-state index is 5.00. The molecular formula is C4AlLi. The van der Waals surface area contributed by atoms with Crippen LogP contribution in [0.2, 0.25) is 0 Å². The summed E-state index contributed by atoms with van der Waals surface area (Å²) in [7, 11) is 0. The summed E-state index contributed by atoms with van der Waals surface area (Å²) in [6, 6.07) is 0. The molecule has 0 N–H and O–H groups in total. The van der Waals surface area contributed by atoms with Crippen LogP contribution in [0.15, 0.2) is 0 Å². The summed E-state index contributed by atoms with van der Waals surface area (Å²) >= 11 is 0. The first-order valence-corrected chi connectivity index (χ1v) is 0.500. The van der Waals surface area contributed by atoms with Gasteiger partial charge in [-0.2, -0.15) is 0 Å². The second-order valence-corrected chi connectivity index (χ2v) is 0. The Balaban J connectivity index is -0.00000000500. The van der Waals surface area contributed by atoms with Gasteiger partial charge in [-0.3, -0.25) is 0 Å². The zero-order valence-electron chi connectivity index (χ0n) is 3.58. The zero-order valence-corrected chi connectivity index (χ0v) is 4.73. The predicted octanol–water partition coefficient (Wildman–Crippen LogP) is -3.05. The molecule has 0 heterocycles. The molecule has 0 nitrogen and oxygen atoms in total. The smallest absolute Gasteiger partial charge is 1.00 e. The third-order valence-electron chi connectivity index (χ3n) is 0. The van der Waals surface area contributed by atoms with Crippen molar-refractivity contribution in [3.05, 3.63) is 25.7 Å². The van der Waals surface area contributed by atoms with E-state index in [9.17, 15) is 0 Å². The molecule has 0 spiro atoms. The molecule has 20 valence electrons. The van der Waals surface area contributed by atoms with Crippen LogP contribution in [-0.2, 0) is 0 Å². The van der Waals surface area contributed by atoms with Gasteiger partial charge in [0.25, 0.3) is 0 Å². The average Bonchev–Trinajstić information content (AvgIpc) is 1.50. The molecule has 6 heavy (non-hydrogen) atoms. The van der Waals surface area contributed by atoms with Crippen LogP contribution in [0.5, 0.6) is 0 Å². The van der Waals surface area contributed by atoms with Crippen LogP contribution in [0.4, 0.5) is 0 Å². The molecule has 0 saturated carbocycles. The Labute approximate surface area is 62.0 Å². The van der Waals surface area contributed by atoms with Crippen molar-refractivity contribution in [2.24, 2.45) is 0 Å². The van der Waals surface area contributed by atoms with Gasteiger partial charge in [-0.25, -0.2) is 0 Å². The molecule has 0 bridgehead atoms. The van der Waals surface area contributed by atoms with Gasteiger partial charge < -0.3 is 25.7 Å². The van der Waals surface area contributed by atoms with Gasteiger partial charge in [0.2, 0.25) is 0 Å².